The highest BCUT2D eigenvalue weighted by Crippen LogP contribution is 2.23. The zero-order valence-corrected chi connectivity index (χ0v) is 18.3. The second-order valence-corrected chi connectivity index (χ2v) is 10.0. The molecule has 0 radical (unpaired) electrons. The Kier molecular flexibility index (Phi) is 6.27. The first kappa shape index (κ1) is 21.4. The molecule has 1 aliphatic carbocycles. The van der Waals surface area contributed by atoms with Gasteiger partial charge >= 0.3 is 0 Å². The molecule has 1 atom stereocenters. The minimum atomic E-state index is -3.10. The number of hydrogen-bond donors (Lipinski definition) is 3. The van der Waals surface area contributed by atoms with Crippen LogP contribution in [0.2, 0.25) is 0 Å². The van der Waals surface area contributed by atoms with Crippen molar-refractivity contribution in [3.05, 3.63) is 69.0 Å². The van der Waals surface area contributed by atoms with Crippen LogP contribution in [0.4, 0.5) is 5.69 Å². The first-order valence-electron chi connectivity index (χ1n) is 10.8. The van der Waals surface area contributed by atoms with E-state index in [0.29, 0.717) is 4.90 Å². The Morgan fingerprint density at radius 1 is 1.13 bits per heavy atom. The molecule has 1 amide bonds. The molecule has 1 unspecified atom stereocenters. The topological polar surface area (TPSA) is 106 Å². The molecule has 164 valence electrons. The quantitative estimate of drug-likeness (QED) is 0.641. The molecule has 1 fully saturated rings. The molecule has 2 heterocycles. The fourth-order valence-corrected chi connectivity index (χ4v) is 5.25. The summed E-state index contributed by atoms with van der Waals surface area (Å²) in [4.78, 5) is 30.2. The molecule has 8 heteroatoms. The van der Waals surface area contributed by atoms with Gasteiger partial charge in [0.15, 0.2) is 0 Å². The van der Waals surface area contributed by atoms with Crippen molar-refractivity contribution in [3.8, 4) is 0 Å². The minimum absolute atomic E-state index is 0.0943. The van der Waals surface area contributed by atoms with Crippen LogP contribution >= 0.6 is 0 Å². The van der Waals surface area contributed by atoms with Gasteiger partial charge in [0.05, 0.1) is 14.6 Å². The highest BCUT2D eigenvalue weighted by atomic mass is 32.2. The standard InChI is InChI=1S/C23H28N4O3S/c24-31(30,19-10-8-18(9-11-19)27-13-3-4-14-27)15-5-12-25-22(28)20-16-17-6-1-2-7-21(17)26-23(20)29/h5,8-11,15-16,24H,1-4,6-7,12-14H2,(H,25,28)(H,26,29)/b15-5+. The van der Waals surface area contributed by atoms with E-state index in [1.807, 2.05) is 12.1 Å². The van der Waals surface area contributed by atoms with Crippen molar-refractivity contribution < 1.29 is 9.00 Å². The minimum Gasteiger partial charge on any atom is -0.372 e. The smallest absolute Gasteiger partial charge is 0.261 e. The third kappa shape index (κ3) is 4.90. The summed E-state index contributed by atoms with van der Waals surface area (Å²) >= 11 is 0. The molecule has 4 rings (SSSR count). The molecule has 2 aromatic rings. The second kappa shape index (κ2) is 9.09. The molecular weight excluding hydrogens is 412 g/mol. The maximum atomic E-state index is 12.7. The van der Waals surface area contributed by atoms with Gasteiger partial charge in [-0.15, -0.1) is 0 Å². The third-order valence-corrected chi connectivity index (χ3v) is 7.46. The van der Waals surface area contributed by atoms with Crippen LogP contribution in [-0.4, -0.2) is 34.7 Å². The third-order valence-electron chi connectivity index (χ3n) is 5.91. The van der Waals surface area contributed by atoms with Gasteiger partial charge in [0.25, 0.3) is 11.5 Å². The first-order valence-corrected chi connectivity index (χ1v) is 12.4. The average molecular weight is 441 g/mol. The maximum absolute atomic E-state index is 12.7. The van der Waals surface area contributed by atoms with Gasteiger partial charge < -0.3 is 15.2 Å². The summed E-state index contributed by atoms with van der Waals surface area (Å²) < 4.78 is 20.9. The van der Waals surface area contributed by atoms with Crippen molar-refractivity contribution in [2.45, 2.75) is 43.4 Å². The van der Waals surface area contributed by atoms with Gasteiger partial charge in [0.1, 0.15) is 5.56 Å². The Morgan fingerprint density at radius 2 is 1.84 bits per heavy atom. The number of pyridine rings is 1. The predicted octanol–water partition coefficient (Wildman–Crippen LogP) is 3.20. The molecular formula is C23H28N4O3S. The van der Waals surface area contributed by atoms with Crippen LogP contribution in [0, 0.1) is 4.78 Å². The van der Waals surface area contributed by atoms with E-state index in [-0.39, 0.29) is 17.7 Å². The van der Waals surface area contributed by atoms with E-state index in [0.717, 1.165) is 55.7 Å². The zero-order chi connectivity index (χ0) is 21.8. The molecule has 1 aromatic carbocycles. The van der Waals surface area contributed by atoms with Crippen molar-refractivity contribution in [1.29, 1.82) is 4.78 Å². The normalized spacial score (nSPS) is 18.0. The van der Waals surface area contributed by atoms with Crippen LogP contribution < -0.4 is 15.8 Å². The van der Waals surface area contributed by atoms with Crippen LogP contribution in [0.1, 0.15) is 47.3 Å². The first-order chi connectivity index (χ1) is 14.9. The summed E-state index contributed by atoms with van der Waals surface area (Å²) in [5.41, 5.74) is 2.75. The number of fused-ring (bicyclic) bond motifs is 1. The van der Waals surface area contributed by atoms with E-state index in [2.05, 4.69) is 15.2 Å². The SMILES string of the molecule is N=S(=O)(/C=C/CNC(=O)c1cc2c([nH]c1=O)CCCC2)c1ccc(N2CCCC2)cc1. The molecule has 1 aliphatic heterocycles. The number of H-pyrrole nitrogens is 1. The highest BCUT2D eigenvalue weighted by molar-refractivity contribution is 7.95. The largest absolute Gasteiger partial charge is 0.372 e. The van der Waals surface area contributed by atoms with E-state index in [9.17, 15) is 13.8 Å². The molecule has 3 N–H and O–H groups in total. The van der Waals surface area contributed by atoms with Gasteiger partial charge in [-0.1, -0.05) is 6.08 Å². The number of anilines is 1. The molecule has 7 nitrogen and oxygen atoms in total. The molecule has 0 bridgehead atoms. The summed E-state index contributed by atoms with van der Waals surface area (Å²) in [6.07, 6.45) is 7.68. The lowest BCUT2D eigenvalue weighted by molar-refractivity contribution is 0.0956. The second-order valence-electron chi connectivity index (χ2n) is 8.09. The fourth-order valence-electron chi connectivity index (χ4n) is 4.19. The summed E-state index contributed by atoms with van der Waals surface area (Å²) in [6.45, 7) is 2.15. The van der Waals surface area contributed by atoms with Crippen molar-refractivity contribution in [1.82, 2.24) is 10.3 Å². The van der Waals surface area contributed by atoms with E-state index in [1.54, 1.807) is 18.2 Å². The van der Waals surface area contributed by atoms with Crippen LogP contribution in [0.3, 0.4) is 0 Å². The van der Waals surface area contributed by atoms with Gasteiger partial charge in [-0.05, 0) is 74.4 Å². The average Bonchev–Trinajstić information content (AvgIpc) is 3.31. The molecule has 0 saturated carbocycles. The number of benzene rings is 1. The monoisotopic (exact) mass is 440 g/mol. The Bertz CT molecular complexity index is 1140. The van der Waals surface area contributed by atoms with Crippen LogP contribution in [0.5, 0.6) is 0 Å². The number of hydrogen-bond acceptors (Lipinski definition) is 5. The zero-order valence-electron chi connectivity index (χ0n) is 17.5. The van der Waals surface area contributed by atoms with Crippen molar-refractivity contribution in [2.75, 3.05) is 24.5 Å². The Labute approximate surface area is 182 Å². The van der Waals surface area contributed by atoms with Crippen molar-refractivity contribution in [2.24, 2.45) is 0 Å². The lowest BCUT2D eigenvalue weighted by atomic mass is 9.95. The number of carbonyl (C=O) groups excluding carboxylic acids is 1. The number of amides is 1. The lowest BCUT2D eigenvalue weighted by Gasteiger charge is -2.17. The Balaban J connectivity index is 1.37. The lowest BCUT2D eigenvalue weighted by Crippen LogP contribution is -2.31. The van der Waals surface area contributed by atoms with Crippen LogP contribution in [0.15, 0.2) is 51.5 Å². The van der Waals surface area contributed by atoms with Crippen molar-refractivity contribution in [3.63, 3.8) is 0 Å². The van der Waals surface area contributed by atoms with Crippen LogP contribution in [-0.2, 0) is 22.6 Å². The number of rotatable bonds is 6. The summed E-state index contributed by atoms with van der Waals surface area (Å²) in [6, 6.07) is 8.97. The molecule has 0 spiro atoms. The summed E-state index contributed by atoms with van der Waals surface area (Å²) in [5.74, 6) is -0.467. The fraction of sp³-hybridized carbons (Fsp3) is 0.391. The van der Waals surface area contributed by atoms with Crippen LogP contribution in [0.25, 0.3) is 0 Å². The number of aryl methyl sites for hydroxylation is 2. The van der Waals surface area contributed by atoms with Gasteiger partial charge in [0, 0.05) is 36.4 Å². The van der Waals surface area contributed by atoms with E-state index in [1.165, 1.54) is 24.3 Å². The van der Waals surface area contributed by atoms with Gasteiger partial charge in [0.2, 0.25) is 0 Å². The maximum Gasteiger partial charge on any atom is 0.261 e. The number of nitrogens with zero attached hydrogens (tertiary/aromatic N) is 1. The summed E-state index contributed by atoms with van der Waals surface area (Å²) in [7, 11) is -3.10. The molecule has 31 heavy (non-hydrogen) atoms. The van der Waals surface area contributed by atoms with E-state index in [4.69, 9.17) is 4.78 Å². The number of nitrogens with one attached hydrogen (secondary N) is 3. The number of aromatic nitrogens is 1. The van der Waals surface area contributed by atoms with Crippen molar-refractivity contribution >= 4 is 21.3 Å². The van der Waals surface area contributed by atoms with Gasteiger partial charge in [-0.2, -0.15) is 0 Å². The Morgan fingerprint density at radius 3 is 2.58 bits per heavy atom. The highest BCUT2D eigenvalue weighted by Gasteiger charge is 2.17. The number of aromatic amines is 1. The summed E-state index contributed by atoms with van der Waals surface area (Å²) in [5, 5.41) is 3.97. The molecule has 2 aliphatic rings. The van der Waals surface area contributed by atoms with Gasteiger partial charge in [-0.25, -0.2) is 8.99 Å². The molecule has 1 aromatic heterocycles. The van der Waals surface area contributed by atoms with E-state index >= 15 is 0 Å². The van der Waals surface area contributed by atoms with Gasteiger partial charge in [-0.3, -0.25) is 9.59 Å². The predicted molar refractivity (Wildman–Crippen MR) is 122 cm³/mol. The molecule has 1 saturated heterocycles. The van der Waals surface area contributed by atoms with E-state index < -0.39 is 15.6 Å². The Hall–Kier alpha value is -2.87. The number of carbonyl (C=O) groups is 1.